The van der Waals surface area contributed by atoms with E-state index in [9.17, 15) is 9.59 Å². The minimum Gasteiger partial charge on any atom is -0.297 e. The summed E-state index contributed by atoms with van der Waals surface area (Å²) in [6, 6.07) is 0. The summed E-state index contributed by atoms with van der Waals surface area (Å²) in [5.74, 6) is 3.65. The molecule has 1 rings (SSSR count). The molecule has 88 valence electrons. The average Bonchev–Trinajstić information content (AvgIpc) is 2.77. The van der Waals surface area contributed by atoms with Crippen molar-refractivity contribution < 1.29 is 9.59 Å². The summed E-state index contributed by atoms with van der Waals surface area (Å²) in [5.41, 5.74) is 2.01. The number of nitrogens with one attached hydrogen (secondary N) is 1. The van der Waals surface area contributed by atoms with Gasteiger partial charge >= 0.3 is 0 Å². The second-order valence-corrected chi connectivity index (χ2v) is 3.41. The molecule has 1 aromatic rings. The third kappa shape index (κ3) is 3.13. The number of rotatable bonds is 6. The van der Waals surface area contributed by atoms with E-state index in [1.165, 1.54) is 17.3 Å². The minimum absolute atomic E-state index is 0.0398. The quantitative estimate of drug-likeness (QED) is 0.287. The molecule has 0 fully saturated rings. The van der Waals surface area contributed by atoms with Gasteiger partial charge in [-0.3, -0.25) is 15.0 Å². The molecule has 1 atom stereocenters. The van der Waals surface area contributed by atoms with Crippen molar-refractivity contribution in [3.63, 3.8) is 0 Å². The predicted octanol–water partition coefficient (Wildman–Crippen LogP) is -0.747. The van der Waals surface area contributed by atoms with Gasteiger partial charge in [0, 0.05) is 0 Å². The fourth-order valence-corrected chi connectivity index (χ4v) is 1.41. The second-order valence-electron chi connectivity index (χ2n) is 3.41. The van der Waals surface area contributed by atoms with Gasteiger partial charge in [-0.05, 0) is 6.42 Å². The smallest absolute Gasteiger partial charge is 0.244 e. The molecule has 0 spiro atoms. The van der Waals surface area contributed by atoms with Crippen LogP contribution in [-0.4, -0.2) is 26.5 Å². The van der Waals surface area contributed by atoms with Crippen molar-refractivity contribution in [1.29, 1.82) is 0 Å². The molecular weight excluding hydrogens is 210 g/mol. The molecule has 0 radical (unpaired) electrons. The monoisotopic (exact) mass is 225 g/mol. The maximum Gasteiger partial charge on any atom is 0.244 e. The van der Waals surface area contributed by atoms with Crippen molar-refractivity contribution >= 4 is 11.7 Å². The van der Waals surface area contributed by atoms with E-state index in [1.807, 2.05) is 12.3 Å². The fourth-order valence-electron chi connectivity index (χ4n) is 1.41. The summed E-state index contributed by atoms with van der Waals surface area (Å²) in [6.07, 6.45) is 3.99. The van der Waals surface area contributed by atoms with Crippen molar-refractivity contribution in [3.8, 4) is 0 Å². The molecule has 3 N–H and O–H groups in total. The molecular formula is C9H15N5O2. The Morgan fingerprint density at radius 1 is 1.56 bits per heavy atom. The van der Waals surface area contributed by atoms with Gasteiger partial charge in [-0.15, -0.1) is 0 Å². The number of amides is 1. The lowest BCUT2D eigenvalue weighted by molar-refractivity contribution is -0.134. The Bertz CT molecular complexity index is 349. The molecule has 1 heterocycles. The number of hydrogen-bond acceptors (Lipinski definition) is 5. The molecule has 1 unspecified atom stereocenters. The Morgan fingerprint density at radius 3 is 2.81 bits per heavy atom. The second kappa shape index (κ2) is 5.96. The van der Waals surface area contributed by atoms with Crippen molar-refractivity contribution in [2.75, 3.05) is 0 Å². The number of ketones is 1. The highest BCUT2D eigenvalue weighted by Crippen LogP contribution is 2.08. The molecule has 1 amide bonds. The van der Waals surface area contributed by atoms with Crippen LogP contribution in [0.15, 0.2) is 12.7 Å². The Morgan fingerprint density at radius 2 is 2.31 bits per heavy atom. The Kier molecular flexibility index (Phi) is 4.59. The molecule has 1 aromatic heterocycles. The van der Waals surface area contributed by atoms with Crippen LogP contribution in [0.4, 0.5) is 0 Å². The SMILES string of the molecule is CCCC(C(=O)Cn1cncn1)C(=O)NN. The average molecular weight is 225 g/mol. The van der Waals surface area contributed by atoms with Crippen LogP contribution in [0.5, 0.6) is 0 Å². The highest BCUT2D eigenvalue weighted by atomic mass is 16.2. The Balaban J connectivity index is 2.64. The highest BCUT2D eigenvalue weighted by molar-refractivity contribution is 6.00. The van der Waals surface area contributed by atoms with Gasteiger partial charge in [0.1, 0.15) is 19.2 Å². The van der Waals surface area contributed by atoms with E-state index in [0.717, 1.165) is 6.42 Å². The number of carbonyl (C=O) groups is 2. The van der Waals surface area contributed by atoms with E-state index in [4.69, 9.17) is 5.84 Å². The van der Waals surface area contributed by atoms with E-state index >= 15 is 0 Å². The van der Waals surface area contributed by atoms with Gasteiger partial charge in [0.2, 0.25) is 5.91 Å². The molecule has 16 heavy (non-hydrogen) atoms. The lowest BCUT2D eigenvalue weighted by Gasteiger charge is -2.12. The maximum atomic E-state index is 11.8. The largest absolute Gasteiger partial charge is 0.297 e. The summed E-state index contributed by atoms with van der Waals surface area (Å²) in [5, 5.41) is 3.81. The number of Topliss-reactive ketones (excluding diaryl/α,β-unsaturated/α-hetero) is 1. The van der Waals surface area contributed by atoms with E-state index in [0.29, 0.717) is 6.42 Å². The molecule has 0 aromatic carbocycles. The number of hydrogen-bond donors (Lipinski definition) is 2. The van der Waals surface area contributed by atoms with Gasteiger partial charge < -0.3 is 0 Å². The van der Waals surface area contributed by atoms with Crippen molar-refractivity contribution in [3.05, 3.63) is 12.7 Å². The Labute approximate surface area is 93.0 Å². The van der Waals surface area contributed by atoms with Crippen LogP contribution in [0, 0.1) is 5.92 Å². The Hall–Kier alpha value is -1.76. The van der Waals surface area contributed by atoms with E-state index in [-0.39, 0.29) is 12.3 Å². The van der Waals surface area contributed by atoms with Crippen LogP contribution in [0.3, 0.4) is 0 Å². The lowest BCUT2D eigenvalue weighted by atomic mass is 9.98. The van der Waals surface area contributed by atoms with Gasteiger partial charge in [0.25, 0.3) is 0 Å². The maximum absolute atomic E-state index is 11.8. The van der Waals surface area contributed by atoms with Gasteiger partial charge in [0.05, 0.1) is 5.92 Å². The van der Waals surface area contributed by atoms with Crippen LogP contribution in [0.2, 0.25) is 0 Å². The van der Waals surface area contributed by atoms with Gasteiger partial charge in [-0.25, -0.2) is 15.5 Å². The molecule has 7 heteroatoms. The van der Waals surface area contributed by atoms with E-state index in [1.54, 1.807) is 0 Å². The number of aromatic nitrogens is 3. The number of carbonyl (C=O) groups excluding carboxylic acids is 2. The summed E-state index contributed by atoms with van der Waals surface area (Å²) in [6.45, 7) is 1.94. The molecule has 0 bridgehead atoms. The zero-order valence-electron chi connectivity index (χ0n) is 9.09. The summed E-state index contributed by atoms with van der Waals surface area (Å²) in [7, 11) is 0. The first kappa shape index (κ1) is 12.3. The molecule has 0 aliphatic rings. The third-order valence-corrected chi connectivity index (χ3v) is 2.21. The van der Waals surface area contributed by atoms with Crippen molar-refractivity contribution in [2.45, 2.75) is 26.3 Å². The molecule has 0 aliphatic carbocycles. The fraction of sp³-hybridized carbons (Fsp3) is 0.556. The normalized spacial score (nSPS) is 12.1. The van der Waals surface area contributed by atoms with E-state index in [2.05, 4.69) is 10.1 Å². The van der Waals surface area contributed by atoms with Crippen LogP contribution in [0.25, 0.3) is 0 Å². The van der Waals surface area contributed by atoms with Crippen LogP contribution < -0.4 is 11.3 Å². The molecule has 7 nitrogen and oxygen atoms in total. The summed E-state index contributed by atoms with van der Waals surface area (Å²) in [4.78, 5) is 26.9. The summed E-state index contributed by atoms with van der Waals surface area (Å²) < 4.78 is 1.38. The van der Waals surface area contributed by atoms with Crippen molar-refractivity contribution in [2.24, 2.45) is 11.8 Å². The zero-order valence-corrected chi connectivity index (χ0v) is 9.09. The highest BCUT2D eigenvalue weighted by Gasteiger charge is 2.25. The third-order valence-electron chi connectivity index (χ3n) is 2.21. The number of nitrogens with zero attached hydrogens (tertiary/aromatic N) is 3. The molecule has 0 aliphatic heterocycles. The van der Waals surface area contributed by atoms with E-state index < -0.39 is 11.8 Å². The predicted molar refractivity (Wildman–Crippen MR) is 55.8 cm³/mol. The number of hydrazine groups is 1. The first-order valence-corrected chi connectivity index (χ1v) is 5.04. The first-order valence-electron chi connectivity index (χ1n) is 5.04. The van der Waals surface area contributed by atoms with Crippen molar-refractivity contribution in [1.82, 2.24) is 20.2 Å². The first-order chi connectivity index (χ1) is 7.69. The van der Waals surface area contributed by atoms with Gasteiger partial charge in [0.15, 0.2) is 5.78 Å². The van der Waals surface area contributed by atoms with Crippen LogP contribution in [-0.2, 0) is 16.1 Å². The minimum atomic E-state index is -0.709. The zero-order chi connectivity index (χ0) is 12.0. The van der Waals surface area contributed by atoms with Crippen LogP contribution in [0.1, 0.15) is 19.8 Å². The standard InChI is InChI=1S/C9H15N5O2/c1-2-3-7(9(16)13-10)8(15)4-14-6-11-5-12-14/h5-7H,2-4,10H2,1H3,(H,13,16). The number of nitrogens with two attached hydrogens (primary N) is 1. The van der Waals surface area contributed by atoms with Gasteiger partial charge in [-0.1, -0.05) is 13.3 Å². The lowest BCUT2D eigenvalue weighted by Crippen LogP contribution is -2.40. The topological polar surface area (TPSA) is 103 Å². The van der Waals surface area contributed by atoms with Crippen LogP contribution >= 0.6 is 0 Å². The molecule has 0 saturated carbocycles. The molecule has 0 saturated heterocycles. The van der Waals surface area contributed by atoms with Gasteiger partial charge in [-0.2, -0.15) is 5.10 Å². The summed E-state index contributed by atoms with van der Waals surface area (Å²) >= 11 is 0.